The van der Waals surface area contributed by atoms with Crippen LogP contribution in [0.2, 0.25) is 0 Å². The molecular formula is C10H18N2O4. The van der Waals surface area contributed by atoms with E-state index in [9.17, 15) is 9.59 Å². The van der Waals surface area contributed by atoms with Crippen molar-refractivity contribution in [3.8, 4) is 0 Å². The largest absolute Gasteiger partial charge is 0.450 e. The minimum absolute atomic E-state index is 0.0524. The van der Waals surface area contributed by atoms with Crippen LogP contribution in [0.25, 0.3) is 0 Å². The van der Waals surface area contributed by atoms with Crippen LogP contribution in [0, 0.1) is 0 Å². The Bertz CT molecular complexity index is 231. The Kier molecular flexibility index (Phi) is 4.88. The summed E-state index contributed by atoms with van der Waals surface area (Å²) >= 11 is 0. The molecule has 2 atom stereocenters. The lowest BCUT2D eigenvalue weighted by atomic mass is 9.86. The maximum atomic E-state index is 11.1. The smallest absolute Gasteiger partial charge is 0.407 e. The Balaban J connectivity index is 2.24. The number of alkyl carbamates (subject to hydrolysis) is 2. The quantitative estimate of drug-likeness (QED) is 0.755. The van der Waals surface area contributed by atoms with Gasteiger partial charge in [0.2, 0.25) is 0 Å². The number of carbonyl (C=O) groups excluding carboxylic acids is 2. The van der Waals surface area contributed by atoms with Crippen molar-refractivity contribution in [2.24, 2.45) is 0 Å². The van der Waals surface area contributed by atoms with Crippen LogP contribution in [0.4, 0.5) is 9.59 Å². The molecule has 0 aliphatic heterocycles. The zero-order valence-corrected chi connectivity index (χ0v) is 9.62. The zero-order chi connectivity index (χ0) is 12.0. The fourth-order valence-corrected chi connectivity index (χ4v) is 1.49. The first-order valence-corrected chi connectivity index (χ1v) is 5.54. The van der Waals surface area contributed by atoms with Crippen molar-refractivity contribution in [1.29, 1.82) is 0 Å². The summed E-state index contributed by atoms with van der Waals surface area (Å²) in [6, 6.07) is -0.105. The van der Waals surface area contributed by atoms with E-state index in [1.165, 1.54) is 0 Å². The number of nitrogens with one attached hydrogen (secondary N) is 2. The van der Waals surface area contributed by atoms with E-state index in [2.05, 4.69) is 10.6 Å². The van der Waals surface area contributed by atoms with Crippen molar-refractivity contribution in [1.82, 2.24) is 10.6 Å². The molecule has 0 spiro atoms. The van der Waals surface area contributed by atoms with E-state index >= 15 is 0 Å². The summed E-state index contributed by atoms with van der Waals surface area (Å²) in [5, 5.41) is 5.37. The van der Waals surface area contributed by atoms with Gasteiger partial charge in [0, 0.05) is 0 Å². The van der Waals surface area contributed by atoms with Gasteiger partial charge in [-0.15, -0.1) is 0 Å². The summed E-state index contributed by atoms with van der Waals surface area (Å²) in [5.74, 6) is 0. The molecule has 0 heterocycles. The molecule has 1 saturated carbocycles. The molecule has 92 valence electrons. The van der Waals surface area contributed by atoms with Crippen molar-refractivity contribution in [3.05, 3.63) is 0 Å². The molecule has 2 N–H and O–H groups in total. The first-order chi connectivity index (χ1) is 7.67. The van der Waals surface area contributed by atoms with E-state index in [0.29, 0.717) is 13.2 Å². The standard InChI is InChI=1S/C10H18N2O4/c1-3-15-9(13)11-7-5-6-8(7)12-10(14)16-4-2/h7-8H,3-6H2,1-2H3,(H,11,13)(H,12,14)/t7-,8-/m1/s1. The van der Waals surface area contributed by atoms with Gasteiger partial charge in [-0.2, -0.15) is 0 Å². The average Bonchev–Trinajstić information content (AvgIpc) is 2.22. The van der Waals surface area contributed by atoms with Gasteiger partial charge in [-0.1, -0.05) is 0 Å². The van der Waals surface area contributed by atoms with Crippen LogP contribution in [-0.4, -0.2) is 37.5 Å². The molecular weight excluding hydrogens is 212 g/mol. The second kappa shape index (κ2) is 6.19. The van der Waals surface area contributed by atoms with Crippen LogP contribution in [-0.2, 0) is 9.47 Å². The van der Waals surface area contributed by atoms with Crippen molar-refractivity contribution < 1.29 is 19.1 Å². The van der Waals surface area contributed by atoms with Crippen LogP contribution in [0.5, 0.6) is 0 Å². The molecule has 0 bridgehead atoms. The van der Waals surface area contributed by atoms with E-state index in [0.717, 1.165) is 12.8 Å². The third-order valence-corrected chi connectivity index (χ3v) is 2.43. The highest BCUT2D eigenvalue weighted by atomic mass is 16.6. The molecule has 0 saturated heterocycles. The molecule has 1 rings (SSSR count). The monoisotopic (exact) mass is 230 g/mol. The van der Waals surface area contributed by atoms with E-state index in [4.69, 9.17) is 9.47 Å². The molecule has 2 amide bonds. The molecule has 0 aromatic carbocycles. The third-order valence-electron chi connectivity index (χ3n) is 2.43. The van der Waals surface area contributed by atoms with E-state index in [-0.39, 0.29) is 12.1 Å². The lowest BCUT2D eigenvalue weighted by molar-refractivity contribution is 0.120. The van der Waals surface area contributed by atoms with Gasteiger partial charge in [0.15, 0.2) is 0 Å². The zero-order valence-electron chi connectivity index (χ0n) is 9.62. The molecule has 1 aliphatic carbocycles. The second-order valence-electron chi connectivity index (χ2n) is 3.52. The van der Waals surface area contributed by atoms with E-state index in [1.54, 1.807) is 13.8 Å². The Labute approximate surface area is 94.7 Å². The predicted octanol–water partition coefficient (Wildman–Crippen LogP) is 1.01. The molecule has 0 aromatic heterocycles. The Morgan fingerprint density at radius 1 is 1.00 bits per heavy atom. The number of amides is 2. The first kappa shape index (κ1) is 12.6. The number of rotatable bonds is 4. The number of carbonyl (C=O) groups is 2. The minimum Gasteiger partial charge on any atom is -0.450 e. The summed E-state index contributed by atoms with van der Waals surface area (Å²) in [5.41, 5.74) is 0. The topological polar surface area (TPSA) is 76.7 Å². The summed E-state index contributed by atoms with van der Waals surface area (Å²) < 4.78 is 9.51. The maximum absolute atomic E-state index is 11.1. The molecule has 1 fully saturated rings. The highest BCUT2D eigenvalue weighted by molar-refractivity contribution is 5.69. The maximum Gasteiger partial charge on any atom is 0.407 e. The van der Waals surface area contributed by atoms with Gasteiger partial charge >= 0.3 is 12.2 Å². The lowest BCUT2D eigenvalue weighted by Crippen LogP contribution is -2.58. The SMILES string of the molecule is CCOC(=O)N[C@@H]1CC[C@H]1NC(=O)OCC. The second-order valence-corrected chi connectivity index (χ2v) is 3.52. The lowest BCUT2D eigenvalue weighted by Gasteiger charge is -2.36. The van der Waals surface area contributed by atoms with Crippen molar-refractivity contribution in [2.45, 2.75) is 38.8 Å². The Morgan fingerprint density at radius 3 is 1.62 bits per heavy atom. The van der Waals surface area contributed by atoms with Crippen LogP contribution in [0.3, 0.4) is 0 Å². The summed E-state index contributed by atoms with van der Waals surface area (Å²) in [6.07, 6.45) is 0.803. The van der Waals surface area contributed by atoms with Gasteiger partial charge in [-0.3, -0.25) is 0 Å². The van der Waals surface area contributed by atoms with Gasteiger partial charge in [0.25, 0.3) is 0 Å². The highest BCUT2D eigenvalue weighted by Gasteiger charge is 2.33. The fraction of sp³-hybridized carbons (Fsp3) is 0.800. The number of ether oxygens (including phenoxy) is 2. The van der Waals surface area contributed by atoms with E-state index in [1.807, 2.05) is 0 Å². The Morgan fingerprint density at radius 2 is 1.38 bits per heavy atom. The molecule has 6 nitrogen and oxygen atoms in total. The summed E-state index contributed by atoms with van der Waals surface area (Å²) in [4.78, 5) is 22.3. The highest BCUT2D eigenvalue weighted by Crippen LogP contribution is 2.20. The van der Waals surface area contributed by atoms with Crippen LogP contribution in [0.15, 0.2) is 0 Å². The first-order valence-electron chi connectivity index (χ1n) is 5.54. The Hall–Kier alpha value is -1.46. The number of hydrogen-bond donors (Lipinski definition) is 2. The van der Waals surface area contributed by atoms with Crippen molar-refractivity contribution >= 4 is 12.2 Å². The normalized spacial score (nSPS) is 22.9. The summed E-state index contributed by atoms with van der Waals surface area (Å²) in [6.45, 7) is 4.17. The van der Waals surface area contributed by atoms with Gasteiger partial charge in [-0.05, 0) is 26.7 Å². The number of hydrogen-bond acceptors (Lipinski definition) is 4. The molecule has 16 heavy (non-hydrogen) atoms. The van der Waals surface area contributed by atoms with Crippen molar-refractivity contribution in [2.75, 3.05) is 13.2 Å². The van der Waals surface area contributed by atoms with Crippen molar-refractivity contribution in [3.63, 3.8) is 0 Å². The average molecular weight is 230 g/mol. The van der Waals surface area contributed by atoms with Crippen LogP contribution in [0.1, 0.15) is 26.7 Å². The minimum atomic E-state index is -0.442. The fourth-order valence-electron chi connectivity index (χ4n) is 1.49. The summed E-state index contributed by atoms with van der Waals surface area (Å²) in [7, 11) is 0. The molecule has 1 aliphatic rings. The third kappa shape index (κ3) is 3.60. The van der Waals surface area contributed by atoms with Gasteiger partial charge in [0.1, 0.15) is 0 Å². The predicted molar refractivity (Wildman–Crippen MR) is 57.1 cm³/mol. The van der Waals surface area contributed by atoms with Gasteiger partial charge < -0.3 is 20.1 Å². The van der Waals surface area contributed by atoms with Crippen LogP contribution < -0.4 is 10.6 Å². The molecule has 6 heteroatoms. The molecule has 0 radical (unpaired) electrons. The van der Waals surface area contributed by atoms with Gasteiger partial charge in [0.05, 0.1) is 25.3 Å². The van der Waals surface area contributed by atoms with E-state index < -0.39 is 12.2 Å². The molecule has 0 aromatic rings. The molecule has 0 unspecified atom stereocenters. The van der Waals surface area contributed by atoms with Gasteiger partial charge in [-0.25, -0.2) is 9.59 Å². The van der Waals surface area contributed by atoms with Crippen LogP contribution >= 0.6 is 0 Å².